The van der Waals surface area contributed by atoms with Crippen molar-refractivity contribution in [3.63, 3.8) is 0 Å². The fourth-order valence-corrected chi connectivity index (χ4v) is 5.57. The van der Waals surface area contributed by atoms with Gasteiger partial charge in [0, 0.05) is 25.9 Å². The summed E-state index contributed by atoms with van der Waals surface area (Å²) in [5.41, 5.74) is 0. The molecule has 0 aliphatic rings. The quantitative estimate of drug-likeness (QED) is 0.0842. The van der Waals surface area contributed by atoms with Crippen LogP contribution in [0, 0.1) is 35.5 Å². The summed E-state index contributed by atoms with van der Waals surface area (Å²) in [6.07, 6.45) is 18.4. The number of esters is 2. The zero-order valence-electron chi connectivity index (χ0n) is 29.7. The highest BCUT2D eigenvalue weighted by atomic mass is 16.5. The number of ether oxygens (including phenoxy) is 2. The van der Waals surface area contributed by atoms with Crippen LogP contribution in [0.3, 0.4) is 0 Å². The van der Waals surface area contributed by atoms with Crippen LogP contribution in [0.15, 0.2) is 0 Å². The highest BCUT2D eigenvalue weighted by molar-refractivity contribution is 5.69. The van der Waals surface area contributed by atoms with E-state index in [0.717, 1.165) is 36.5 Å². The SMILES string of the molecule is CC(C)CCCC(C)CCCC(C)CCC(=O)OCCN(C)CCOC(=O)CCC(C)CCCC(C)CCCC(C)C. The molecule has 0 radical (unpaired) electrons. The molecule has 5 nitrogen and oxygen atoms in total. The standard InChI is InChI=1S/C37H73NO4/c1-30(2)14-10-16-32(5)18-12-20-34(7)22-24-36(39)41-28-26-38(9)27-29-42-37(40)25-23-35(8)21-13-19-33(6)17-11-15-31(3)4/h30-35H,10-29H2,1-9H3. The molecule has 0 aromatic carbocycles. The molecule has 0 aromatic heterocycles. The van der Waals surface area contributed by atoms with Crippen LogP contribution in [0.2, 0.25) is 0 Å². The third kappa shape index (κ3) is 27.7. The molecule has 0 rings (SSSR count). The van der Waals surface area contributed by atoms with Crippen LogP contribution in [0.1, 0.15) is 158 Å². The van der Waals surface area contributed by atoms with Gasteiger partial charge < -0.3 is 9.47 Å². The lowest BCUT2D eigenvalue weighted by Gasteiger charge is -2.17. The number of likely N-dealkylation sites (N-methyl/N-ethyl adjacent to an activating group) is 1. The maximum Gasteiger partial charge on any atom is 0.305 e. The largest absolute Gasteiger partial charge is 0.464 e. The molecule has 0 aromatic rings. The van der Waals surface area contributed by atoms with Gasteiger partial charge in [-0.3, -0.25) is 14.5 Å². The molecule has 0 spiro atoms. The number of hydrogen-bond acceptors (Lipinski definition) is 5. The highest BCUT2D eigenvalue weighted by Gasteiger charge is 2.12. The number of carbonyl (C=O) groups excluding carboxylic acids is 2. The van der Waals surface area contributed by atoms with E-state index in [2.05, 4.69) is 60.3 Å². The summed E-state index contributed by atoms with van der Waals surface area (Å²) in [5, 5.41) is 0. The van der Waals surface area contributed by atoms with Gasteiger partial charge in [-0.15, -0.1) is 0 Å². The van der Waals surface area contributed by atoms with Gasteiger partial charge in [0.15, 0.2) is 0 Å². The number of rotatable bonds is 28. The van der Waals surface area contributed by atoms with Gasteiger partial charge in [0.2, 0.25) is 0 Å². The number of carbonyl (C=O) groups is 2. The molecule has 250 valence electrons. The van der Waals surface area contributed by atoms with E-state index in [9.17, 15) is 9.59 Å². The van der Waals surface area contributed by atoms with Crippen molar-refractivity contribution < 1.29 is 19.1 Å². The van der Waals surface area contributed by atoms with Crippen LogP contribution in [0.4, 0.5) is 0 Å². The van der Waals surface area contributed by atoms with Crippen LogP contribution in [-0.4, -0.2) is 50.2 Å². The summed E-state index contributed by atoms with van der Waals surface area (Å²) in [6.45, 7) is 20.6. The van der Waals surface area contributed by atoms with Crippen molar-refractivity contribution in [3.05, 3.63) is 0 Å². The van der Waals surface area contributed by atoms with E-state index < -0.39 is 0 Å². The first kappa shape index (κ1) is 40.9. The summed E-state index contributed by atoms with van der Waals surface area (Å²) in [5.74, 6) is 4.17. The van der Waals surface area contributed by atoms with Crippen molar-refractivity contribution >= 4 is 11.9 Å². The van der Waals surface area contributed by atoms with Crippen LogP contribution in [-0.2, 0) is 19.1 Å². The molecule has 0 bridgehead atoms. The van der Waals surface area contributed by atoms with Crippen LogP contribution < -0.4 is 0 Å². The third-order valence-electron chi connectivity index (χ3n) is 8.90. The second-order valence-electron chi connectivity index (χ2n) is 14.8. The zero-order chi connectivity index (χ0) is 31.8. The molecule has 42 heavy (non-hydrogen) atoms. The molecular weight excluding hydrogens is 522 g/mol. The molecule has 0 heterocycles. The predicted molar refractivity (Wildman–Crippen MR) is 180 cm³/mol. The number of hydrogen-bond donors (Lipinski definition) is 0. The maximum atomic E-state index is 12.2. The normalized spacial score (nSPS) is 14.8. The Morgan fingerprint density at radius 1 is 0.476 bits per heavy atom. The minimum atomic E-state index is -0.0987. The Bertz CT molecular complexity index is 596. The van der Waals surface area contributed by atoms with Gasteiger partial charge >= 0.3 is 11.9 Å². The molecule has 5 heteroatoms. The molecule has 0 fully saturated rings. The van der Waals surface area contributed by atoms with Crippen molar-refractivity contribution in [2.24, 2.45) is 35.5 Å². The van der Waals surface area contributed by atoms with E-state index in [1.807, 2.05) is 7.05 Å². The number of nitrogens with zero attached hydrogens (tertiary/aromatic N) is 1. The smallest absolute Gasteiger partial charge is 0.305 e. The molecule has 4 atom stereocenters. The minimum Gasteiger partial charge on any atom is -0.464 e. The Morgan fingerprint density at radius 3 is 1.07 bits per heavy atom. The maximum absolute atomic E-state index is 12.2. The van der Waals surface area contributed by atoms with Crippen LogP contribution in [0.25, 0.3) is 0 Å². The molecule has 0 N–H and O–H groups in total. The third-order valence-corrected chi connectivity index (χ3v) is 8.90. The summed E-state index contributed by atoms with van der Waals surface area (Å²) >= 11 is 0. The predicted octanol–water partition coefficient (Wildman–Crippen LogP) is 10.1. The van der Waals surface area contributed by atoms with Gasteiger partial charge in [-0.05, 0) is 55.4 Å². The molecule has 0 aliphatic heterocycles. The first-order chi connectivity index (χ1) is 19.9. The van der Waals surface area contributed by atoms with Crippen molar-refractivity contribution in [2.75, 3.05) is 33.4 Å². The lowest BCUT2D eigenvalue weighted by molar-refractivity contribution is -0.144. The molecule has 0 amide bonds. The fourth-order valence-electron chi connectivity index (χ4n) is 5.57. The Balaban J connectivity index is 3.74. The average Bonchev–Trinajstić information content (AvgIpc) is 2.90. The van der Waals surface area contributed by atoms with Gasteiger partial charge in [0.05, 0.1) is 0 Å². The summed E-state index contributed by atoms with van der Waals surface area (Å²) in [7, 11) is 1.97. The zero-order valence-corrected chi connectivity index (χ0v) is 29.7. The second-order valence-corrected chi connectivity index (χ2v) is 14.8. The van der Waals surface area contributed by atoms with E-state index >= 15 is 0 Å². The lowest BCUT2D eigenvalue weighted by Crippen LogP contribution is -2.28. The molecule has 4 unspecified atom stereocenters. The van der Waals surface area contributed by atoms with Gasteiger partial charge in [0.25, 0.3) is 0 Å². The van der Waals surface area contributed by atoms with Gasteiger partial charge in [0.1, 0.15) is 13.2 Å². The van der Waals surface area contributed by atoms with Crippen molar-refractivity contribution in [1.29, 1.82) is 0 Å². The second kappa shape index (κ2) is 26.3. The molecule has 0 aliphatic carbocycles. The topological polar surface area (TPSA) is 55.8 Å². The lowest BCUT2D eigenvalue weighted by atomic mass is 9.92. The fraction of sp³-hybridized carbons (Fsp3) is 0.946. The van der Waals surface area contributed by atoms with Gasteiger partial charge in [-0.25, -0.2) is 0 Å². The average molecular weight is 596 g/mol. The van der Waals surface area contributed by atoms with Crippen molar-refractivity contribution in [2.45, 2.75) is 158 Å². The van der Waals surface area contributed by atoms with Gasteiger partial charge in [-0.1, -0.05) is 132 Å². The van der Waals surface area contributed by atoms with Crippen LogP contribution in [0.5, 0.6) is 0 Å². The first-order valence-corrected chi connectivity index (χ1v) is 17.9. The highest BCUT2D eigenvalue weighted by Crippen LogP contribution is 2.22. The van der Waals surface area contributed by atoms with Gasteiger partial charge in [-0.2, -0.15) is 0 Å². The molecular formula is C37H73NO4. The first-order valence-electron chi connectivity index (χ1n) is 17.9. The molecule has 0 saturated heterocycles. The summed E-state index contributed by atoms with van der Waals surface area (Å²) in [4.78, 5) is 26.4. The van der Waals surface area contributed by atoms with Crippen LogP contribution >= 0.6 is 0 Å². The van der Waals surface area contributed by atoms with E-state index in [1.54, 1.807) is 0 Å². The van der Waals surface area contributed by atoms with E-state index in [1.165, 1.54) is 77.0 Å². The summed E-state index contributed by atoms with van der Waals surface area (Å²) < 4.78 is 10.9. The van der Waals surface area contributed by atoms with E-state index in [4.69, 9.17) is 9.47 Å². The Morgan fingerprint density at radius 2 is 0.762 bits per heavy atom. The molecule has 0 saturated carbocycles. The Hall–Kier alpha value is -1.10. The Labute approximate surface area is 262 Å². The van der Waals surface area contributed by atoms with E-state index in [-0.39, 0.29) is 11.9 Å². The summed E-state index contributed by atoms with van der Waals surface area (Å²) in [6, 6.07) is 0. The van der Waals surface area contributed by atoms with Crippen molar-refractivity contribution in [3.8, 4) is 0 Å². The van der Waals surface area contributed by atoms with E-state index in [0.29, 0.717) is 51.0 Å². The Kier molecular flexibility index (Phi) is 25.6. The van der Waals surface area contributed by atoms with Crippen molar-refractivity contribution in [1.82, 2.24) is 4.90 Å². The minimum absolute atomic E-state index is 0.0987. The monoisotopic (exact) mass is 596 g/mol.